The summed E-state index contributed by atoms with van der Waals surface area (Å²) in [5, 5.41) is 11.0. The molecular weight excluding hydrogens is 442 g/mol. The number of benzene rings is 2. The highest BCUT2D eigenvalue weighted by molar-refractivity contribution is 9.10. The van der Waals surface area contributed by atoms with E-state index in [4.69, 9.17) is 16.3 Å². The lowest BCUT2D eigenvalue weighted by molar-refractivity contribution is -0.384. The number of non-ortho nitro benzene ring substituents is 1. The molecule has 2 aromatic carbocycles. The van der Waals surface area contributed by atoms with Gasteiger partial charge in [0.25, 0.3) is 17.5 Å². The number of halogens is 2. The summed E-state index contributed by atoms with van der Waals surface area (Å²) in [6, 6.07) is 10.7. The molecule has 0 saturated carbocycles. The first-order valence-electron chi connectivity index (χ1n) is 7.44. The number of nitrogens with one attached hydrogen (secondary N) is 2. The molecule has 0 aliphatic heterocycles. The largest absolute Gasteiger partial charge is 0.482 e. The van der Waals surface area contributed by atoms with Crippen molar-refractivity contribution in [3.63, 3.8) is 0 Å². The third kappa shape index (κ3) is 6.72. The number of nitro benzene ring substituents is 1. The van der Waals surface area contributed by atoms with Crippen molar-refractivity contribution in [3.05, 3.63) is 73.7 Å². The molecule has 2 rings (SSSR count). The van der Waals surface area contributed by atoms with Gasteiger partial charge in [0, 0.05) is 22.7 Å². The molecule has 2 N–H and O–H groups in total. The maximum Gasteiger partial charge on any atom is 0.276 e. The lowest BCUT2D eigenvalue weighted by Gasteiger charge is -2.09. The van der Waals surface area contributed by atoms with Crippen LogP contribution in [0.2, 0.25) is 5.02 Å². The Bertz CT molecular complexity index is 904. The van der Waals surface area contributed by atoms with Crippen LogP contribution in [0.25, 0.3) is 6.08 Å². The number of amides is 2. The fraction of sp³-hybridized carbons (Fsp3) is 0.0588. The van der Waals surface area contributed by atoms with Gasteiger partial charge >= 0.3 is 0 Å². The van der Waals surface area contributed by atoms with E-state index >= 15 is 0 Å². The molecule has 0 atom stereocenters. The second-order valence-corrected chi connectivity index (χ2v) is 6.41. The molecule has 0 heterocycles. The number of hydrogen-bond acceptors (Lipinski definition) is 5. The second kappa shape index (κ2) is 9.70. The molecule has 0 spiro atoms. The summed E-state index contributed by atoms with van der Waals surface area (Å²) in [6.07, 6.45) is 2.51. The predicted octanol–water partition coefficient (Wildman–Crippen LogP) is 3.25. The quantitative estimate of drug-likeness (QED) is 0.395. The van der Waals surface area contributed by atoms with E-state index in [1.165, 1.54) is 24.3 Å². The standard InChI is InChI=1S/C17H13BrClN3O5/c18-12-5-6-15(14(19)9-12)27-10-17(24)21-20-16(23)7-4-11-2-1-3-13(8-11)22(25)26/h1-9H,10H2,(H,20,23)(H,21,24)/b7-4+. The number of hydrogen-bond donors (Lipinski definition) is 2. The van der Waals surface area contributed by atoms with Crippen LogP contribution in [0.15, 0.2) is 53.0 Å². The monoisotopic (exact) mass is 453 g/mol. The molecule has 0 saturated heterocycles. The van der Waals surface area contributed by atoms with Crippen LogP contribution in [0.5, 0.6) is 5.75 Å². The van der Waals surface area contributed by atoms with E-state index in [0.717, 1.165) is 10.5 Å². The first-order chi connectivity index (χ1) is 12.8. The van der Waals surface area contributed by atoms with Gasteiger partial charge in [-0.1, -0.05) is 39.7 Å². The van der Waals surface area contributed by atoms with Crippen LogP contribution in [0, 0.1) is 10.1 Å². The van der Waals surface area contributed by atoms with Crippen molar-refractivity contribution in [2.24, 2.45) is 0 Å². The average Bonchev–Trinajstić information content (AvgIpc) is 2.64. The summed E-state index contributed by atoms with van der Waals surface area (Å²) < 4.78 is 6.02. The summed E-state index contributed by atoms with van der Waals surface area (Å²) in [5.41, 5.74) is 4.73. The minimum Gasteiger partial charge on any atom is -0.482 e. The van der Waals surface area contributed by atoms with Crippen molar-refractivity contribution in [2.45, 2.75) is 0 Å². The molecule has 10 heteroatoms. The third-order valence-corrected chi connectivity index (χ3v) is 3.87. The highest BCUT2D eigenvalue weighted by atomic mass is 79.9. The molecule has 140 valence electrons. The molecule has 2 amide bonds. The van der Waals surface area contributed by atoms with Crippen LogP contribution in [0.3, 0.4) is 0 Å². The average molecular weight is 455 g/mol. The fourth-order valence-corrected chi connectivity index (χ4v) is 2.59. The summed E-state index contributed by atoms with van der Waals surface area (Å²) >= 11 is 9.22. The Morgan fingerprint density at radius 2 is 2.00 bits per heavy atom. The molecule has 0 fully saturated rings. The number of hydrazine groups is 1. The molecule has 0 bridgehead atoms. The Kier molecular flexibility index (Phi) is 7.33. The SMILES string of the molecule is O=C(/C=C/c1cccc([N+](=O)[O-])c1)NNC(=O)COc1ccc(Br)cc1Cl. The Morgan fingerprint density at radius 3 is 2.70 bits per heavy atom. The molecule has 0 unspecified atom stereocenters. The molecular formula is C17H13BrClN3O5. The third-order valence-electron chi connectivity index (χ3n) is 3.09. The van der Waals surface area contributed by atoms with E-state index in [2.05, 4.69) is 26.8 Å². The van der Waals surface area contributed by atoms with Gasteiger partial charge in [-0.2, -0.15) is 0 Å². The Labute approximate surface area is 167 Å². The smallest absolute Gasteiger partial charge is 0.276 e. The molecule has 27 heavy (non-hydrogen) atoms. The lowest BCUT2D eigenvalue weighted by Crippen LogP contribution is -2.43. The summed E-state index contributed by atoms with van der Waals surface area (Å²) in [7, 11) is 0. The van der Waals surface area contributed by atoms with Gasteiger partial charge in [-0.15, -0.1) is 0 Å². The highest BCUT2D eigenvalue weighted by Crippen LogP contribution is 2.27. The maximum atomic E-state index is 11.7. The van der Waals surface area contributed by atoms with Gasteiger partial charge in [-0.05, 0) is 29.8 Å². The van der Waals surface area contributed by atoms with Crippen LogP contribution in [-0.2, 0) is 9.59 Å². The molecule has 8 nitrogen and oxygen atoms in total. The van der Waals surface area contributed by atoms with E-state index in [1.54, 1.807) is 24.3 Å². The van der Waals surface area contributed by atoms with Gasteiger partial charge in [-0.25, -0.2) is 0 Å². The molecule has 0 radical (unpaired) electrons. The Balaban J connectivity index is 1.80. The predicted molar refractivity (Wildman–Crippen MR) is 103 cm³/mol. The van der Waals surface area contributed by atoms with Crippen LogP contribution in [0.1, 0.15) is 5.56 Å². The highest BCUT2D eigenvalue weighted by Gasteiger charge is 2.07. The van der Waals surface area contributed by atoms with E-state index < -0.39 is 16.7 Å². The zero-order valence-corrected chi connectivity index (χ0v) is 16.0. The zero-order valence-electron chi connectivity index (χ0n) is 13.6. The molecule has 0 aromatic heterocycles. The summed E-state index contributed by atoms with van der Waals surface area (Å²) in [6.45, 7) is -0.351. The maximum absolute atomic E-state index is 11.7. The topological polar surface area (TPSA) is 111 Å². The summed E-state index contributed by atoms with van der Waals surface area (Å²) in [5.74, 6) is -0.880. The Morgan fingerprint density at radius 1 is 1.22 bits per heavy atom. The van der Waals surface area contributed by atoms with Crippen LogP contribution < -0.4 is 15.6 Å². The minimum absolute atomic E-state index is 0.0883. The van der Waals surface area contributed by atoms with E-state index in [0.29, 0.717) is 16.3 Å². The Hall–Kier alpha value is -2.91. The molecule has 2 aromatic rings. The minimum atomic E-state index is -0.614. The first kappa shape index (κ1) is 20.4. The number of carbonyl (C=O) groups excluding carboxylic acids is 2. The number of rotatable bonds is 6. The fourth-order valence-electron chi connectivity index (χ4n) is 1.86. The number of ether oxygens (including phenoxy) is 1. The van der Waals surface area contributed by atoms with Crippen LogP contribution in [0.4, 0.5) is 5.69 Å². The molecule has 0 aliphatic rings. The first-order valence-corrected chi connectivity index (χ1v) is 8.61. The van der Waals surface area contributed by atoms with Crippen molar-refractivity contribution in [2.75, 3.05) is 6.61 Å². The van der Waals surface area contributed by atoms with Gasteiger partial charge in [0.1, 0.15) is 5.75 Å². The lowest BCUT2D eigenvalue weighted by atomic mass is 10.2. The van der Waals surface area contributed by atoms with Gasteiger partial charge in [0.15, 0.2) is 6.61 Å². The van der Waals surface area contributed by atoms with Crippen molar-refractivity contribution in [3.8, 4) is 5.75 Å². The van der Waals surface area contributed by atoms with E-state index in [-0.39, 0.29) is 12.3 Å². The molecule has 0 aliphatic carbocycles. The van der Waals surface area contributed by atoms with Crippen LogP contribution >= 0.6 is 27.5 Å². The number of nitro groups is 1. The van der Waals surface area contributed by atoms with Gasteiger partial charge in [0.05, 0.1) is 9.95 Å². The van der Waals surface area contributed by atoms with Crippen molar-refractivity contribution in [1.82, 2.24) is 10.9 Å². The second-order valence-electron chi connectivity index (χ2n) is 5.09. The van der Waals surface area contributed by atoms with Crippen molar-refractivity contribution < 1.29 is 19.2 Å². The zero-order chi connectivity index (χ0) is 19.8. The van der Waals surface area contributed by atoms with Crippen LogP contribution in [-0.4, -0.2) is 23.3 Å². The van der Waals surface area contributed by atoms with Crippen molar-refractivity contribution >= 4 is 51.1 Å². The number of nitrogens with zero attached hydrogens (tertiary/aromatic N) is 1. The van der Waals surface area contributed by atoms with Gasteiger partial charge in [0.2, 0.25) is 0 Å². The number of carbonyl (C=O) groups is 2. The van der Waals surface area contributed by atoms with E-state index in [9.17, 15) is 19.7 Å². The van der Waals surface area contributed by atoms with Gasteiger partial charge < -0.3 is 4.74 Å². The summed E-state index contributed by atoms with van der Waals surface area (Å²) in [4.78, 5) is 33.6. The van der Waals surface area contributed by atoms with Crippen molar-refractivity contribution in [1.29, 1.82) is 0 Å². The normalized spacial score (nSPS) is 10.4. The van der Waals surface area contributed by atoms with Gasteiger partial charge in [-0.3, -0.25) is 30.6 Å². The van der Waals surface area contributed by atoms with E-state index in [1.807, 2.05) is 0 Å².